The van der Waals surface area contributed by atoms with Crippen LogP contribution in [0.1, 0.15) is 11.1 Å². The zero-order chi connectivity index (χ0) is 19.1. The van der Waals surface area contributed by atoms with Crippen LogP contribution in [0.5, 0.6) is 5.75 Å². The molecule has 26 heavy (non-hydrogen) atoms. The number of aliphatic carboxylic acids is 1. The Morgan fingerprint density at radius 2 is 1.96 bits per heavy atom. The molecule has 0 aliphatic carbocycles. The zero-order valence-corrected chi connectivity index (χ0v) is 16.0. The molecule has 0 aromatic heterocycles. The number of carboxylic acid groups (broad SMARTS) is 1. The first-order valence-electron chi connectivity index (χ1n) is 7.53. The number of carboxylic acids is 1. The number of carbonyl (C=O) groups excluding carboxylic acids is 1. The Labute approximate surface area is 164 Å². The second kappa shape index (κ2) is 9.01. The molecular weight excluding hydrogens is 447 g/mol. The van der Waals surface area contributed by atoms with Crippen molar-refractivity contribution in [2.45, 2.75) is 6.92 Å². The Bertz CT molecular complexity index is 899. The van der Waals surface area contributed by atoms with Crippen LogP contribution in [0.15, 0.2) is 48.0 Å². The summed E-state index contributed by atoms with van der Waals surface area (Å²) in [6, 6.07) is 14.1. The van der Waals surface area contributed by atoms with Crippen LogP contribution in [-0.2, 0) is 9.59 Å². The van der Waals surface area contributed by atoms with Gasteiger partial charge in [0, 0.05) is 5.69 Å². The van der Waals surface area contributed by atoms with E-state index in [1.54, 1.807) is 30.3 Å². The molecule has 0 atom stereocenters. The highest BCUT2D eigenvalue weighted by Crippen LogP contribution is 2.23. The van der Waals surface area contributed by atoms with Crippen LogP contribution in [0.25, 0.3) is 6.08 Å². The largest absolute Gasteiger partial charge is 0.481 e. The molecule has 0 fully saturated rings. The number of rotatable bonds is 6. The Kier molecular flexibility index (Phi) is 6.74. The van der Waals surface area contributed by atoms with Gasteiger partial charge in [-0.2, -0.15) is 5.26 Å². The van der Waals surface area contributed by atoms with Crippen LogP contribution in [0.2, 0.25) is 0 Å². The van der Waals surface area contributed by atoms with Crippen LogP contribution in [0.4, 0.5) is 5.69 Å². The zero-order valence-electron chi connectivity index (χ0n) is 13.8. The molecule has 7 heteroatoms. The molecule has 0 aliphatic heterocycles. The Hall–Kier alpha value is -2.86. The van der Waals surface area contributed by atoms with Crippen molar-refractivity contribution in [1.29, 1.82) is 5.26 Å². The van der Waals surface area contributed by atoms with Crippen molar-refractivity contribution < 1.29 is 19.4 Å². The van der Waals surface area contributed by atoms with E-state index in [0.29, 0.717) is 20.6 Å². The van der Waals surface area contributed by atoms with E-state index in [2.05, 4.69) is 5.32 Å². The molecular formula is C19H15IN2O4. The summed E-state index contributed by atoms with van der Waals surface area (Å²) >= 11 is 2.00. The summed E-state index contributed by atoms with van der Waals surface area (Å²) in [4.78, 5) is 22.8. The fourth-order valence-electron chi connectivity index (χ4n) is 2.01. The number of nitrogens with one attached hydrogen (secondary N) is 1. The van der Waals surface area contributed by atoms with Gasteiger partial charge in [-0.05, 0) is 65.4 Å². The van der Waals surface area contributed by atoms with Gasteiger partial charge in [0.15, 0.2) is 6.61 Å². The van der Waals surface area contributed by atoms with Gasteiger partial charge in [-0.25, -0.2) is 4.79 Å². The maximum absolute atomic E-state index is 12.3. The number of anilines is 1. The van der Waals surface area contributed by atoms with E-state index in [9.17, 15) is 14.9 Å². The standard InChI is InChI=1S/C19H15IN2O4/c1-12-2-5-15(6-3-12)22-19(25)14(10-21)8-13-4-7-17(16(20)9-13)26-11-18(23)24/h2-9H,11H2,1H3,(H,22,25)(H,23,24)/b14-8+. The molecule has 2 rings (SSSR count). The first kappa shape index (κ1) is 19.5. The minimum Gasteiger partial charge on any atom is -0.481 e. The van der Waals surface area contributed by atoms with E-state index < -0.39 is 18.5 Å². The first-order valence-corrected chi connectivity index (χ1v) is 8.61. The molecule has 0 aliphatic rings. The first-order chi connectivity index (χ1) is 12.4. The molecule has 0 radical (unpaired) electrons. The minimum absolute atomic E-state index is 0.0411. The van der Waals surface area contributed by atoms with Crippen molar-refractivity contribution in [3.63, 3.8) is 0 Å². The van der Waals surface area contributed by atoms with Crippen LogP contribution in [0, 0.1) is 21.8 Å². The smallest absolute Gasteiger partial charge is 0.341 e. The maximum Gasteiger partial charge on any atom is 0.341 e. The molecule has 0 bridgehead atoms. The normalized spacial score (nSPS) is 10.7. The van der Waals surface area contributed by atoms with Gasteiger partial charge in [-0.1, -0.05) is 23.8 Å². The van der Waals surface area contributed by atoms with Crippen molar-refractivity contribution in [2.24, 2.45) is 0 Å². The second-order valence-electron chi connectivity index (χ2n) is 5.36. The number of halogens is 1. The lowest BCUT2D eigenvalue weighted by molar-refractivity contribution is -0.139. The highest BCUT2D eigenvalue weighted by molar-refractivity contribution is 14.1. The highest BCUT2D eigenvalue weighted by atomic mass is 127. The van der Waals surface area contributed by atoms with Gasteiger partial charge in [0.25, 0.3) is 5.91 Å². The quantitative estimate of drug-likeness (QED) is 0.388. The molecule has 0 heterocycles. The lowest BCUT2D eigenvalue weighted by Gasteiger charge is -2.07. The molecule has 0 unspecified atom stereocenters. The summed E-state index contributed by atoms with van der Waals surface area (Å²) in [6.07, 6.45) is 1.46. The summed E-state index contributed by atoms with van der Waals surface area (Å²) in [6.45, 7) is 1.51. The highest BCUT2D eigenvalue weighted by Gasteiger charge is 2.11. The molecule has 132 valence electrons. The fraction of sp³-hybridized carbons (Fsp3) is 0.105. The van der Waals surface area contributed by atoms with E-state index in [1.807, 2.05) is 47.7 Å². The Morgan fingerprint density at radius 1 is 1.27 bits per heavy atom. The summed E-state index contributed by atoms with van der Waals surface area (Å²) in [7, 11) is 0. The minimum atomic E-state index is -1.07. The van der Waals surface area contributed by atoms with Crippen molar-refractivity contribution in [3.8, 4) is 11.8 Å². The van der Waals surface area contributed by atoms with Gasteiger partial charge in [0.1, 0.15) is 17.4 Å². The fourth-order valence-corrected chi connectivity index (χ4v) is 2.71. The van der Waals surface area contributed by atoms with Crippen molar-refractivity contribution in [2.75, 3.05) is 11.9 Å². The van der Waals surface area contributed by atoms with Crippen LogP contribution in [-0.4, -0.2) is 23.6 Å². The third-order valence-electron chi connectivity index (χ3n) is 3.29. The van der Waals surface area contributed by atoms with Gasteiger partial charge in [0.2, 0.25) is 0 Å². The van der Waals surface area contributed by atoms with Gasteiger partial charge < -0.3 is 15.2 Å². The number of hydrogen-bond donors (Lipinski definition) is 2. The molecule has 0 saturated heterocycles. The van der Waals surface area contributed by atoms with E-state index in [0.717, 1.165) is 5.56 Å². The molecule has 2 N–H and O–H groups in total. The number of amides is 1. The molecule has 2 aromatic rings. The van der Waals surface area contributed by atoms with E-state index >= 15 is 0 Å². The van der Waals surface area contributed by atoms with E-state index in [-0.39, 0.29) is 5.57 Å². The summed E-state index contributed by atoms with van der Waals surface area (Å²) in [5, 5.41) is 20.6. The van der Waals surface area contributed by atoms with Gasteiger partial charge in [-0.3, -0.25) is 4.79 Å². The average molecular weight is 462 g/mol. The topological polar surface area (TPSA) is 99.4 Å². The summed E-state index contributed by atoms with van der Waals surface area (Å²) in [5.41, 5.74) is 2.26. The van der Waals surface area contributed by atoms with Crippen LogP contribution in [0.3, 0.4) is 0 Å². The summed E-state index contributed by atoms with van der Waals surface area (Å²) < 4.78 is 5.82. The van der Waals surface area contributed by atoms with Crippen molar-refractivity contribution in [3.05, 3.63) is 62.7 Å². The molecule has 6 nitrogen and oxygen atoms in total. The number of carbonyl (C=O) groups is 2. The predicted octanol–water partition coefficient (Wildman–Crippen LogP) is 3.61. The van der Waals surface area contributed by atoms with E-state index in [4.69, 9.17) is 9.84 Å². The lowest BCUT2D eigenvalue weighted by Crippen LogP contribution is -2.13. The van der Waals surface area contributed by atoms with Crippen molar-refractivity contribution >= 4 is 46.2 Å². The van der Waals surface area contributed by atoms with Crippen molar-refractivity contribution in [1.82, 2.24) is 0 Å². The monoisotopic (exact) mass is 462 g/mol. The molecule has 0 saturated carbocycles. The second-order valence-corrected chi connectivity index (χ2v) is 6.52. The van der Waals surface area contributed by atoms with E-state index in [1.165, 1.54) is 6.08 Å². The number of nitrogens with zero attached hydrogens (tertiary/aromatic N) is 1. The lowest BCUT2D eigenvalue weighted by atomic mass is 10.1. The molecule has 2 aromatic carbocycles. The number of aryl methyl sites for hydroxylation is 1. The average Bonchev–Trinajstić information content (AvgIpc) is 2.60. The third-order valence-corrected chi connectivity index (χ3v) is 4.14. The number of hydrogen-bond acceptors (Lipinski definition) is 4. The third kappa shape index (κ3) is 5.60. The predicted molar refractivity (Wildman–Crippen MR) is 106 cm³/mol. The maximum atomic E-state index is 12.3. The molecule has 0 spiro atoms. The summed E-state index contributed by atoms with van der Waals surface area (Å²) in [5.74, 6) is -1.14. The number of benzene rings is 2. The van der Waals surface area contributed by atoms with Crippen LogP contribution < -0.4 is 10.1 Å². The Balaban J connectivity index is 2.15. The van der Waals surface area contributed by atoms with Gasteiger partial charge >= 0.3 is 5.97 Å². The van der Waals surface area contributed by atoms with Crippen LogP contribution >= 0.6 is 22.6 Å². The van der Waals surface area contributed by atoms with Gasteiger partial charge in [-0.15, -0.1) is 0 Å². The number of ether oxygens (including phenoxy) is 1. The Morgan fingerprint density at radius 3 is 2.54 bits per heavy atom. The molecule has 1 amide bonds. The SMILES string of the molecule is Cc1ccc(NC(=O)/C(C#N)=C/c2ccc(OCC(=O)O)c(I)c2)cc1. The van der Waals surface area contributed by atoms with Gasteiger partial charge in [0.05, 0.1) is 3.57 Å². The number of nitriles is 1.